The monoisotopic (exact) mass is 204 g/mol. The molecule has 7 nitrogen and oxygen atoms in total. The van der Waals surface area contributed by atoms with Gasteiger partial charge in [0.05, 0.1) is 0 Å². The van der Waals surface area contributed by atoms with Gasteiger partial charge >= 0.3 is 20.8 Å². The first-order valence-electron chi connectivity index (χ1n) is 1.99. The summed E-state index contributed by atoms with van der Waals surface area (Å²) >= 11 is 0. The highest BCUT2D eigenvalue weighted by molar-refractivity contribution is 7.94. The third-order valence-corrected chi connectivity index (χ3v) is 2.08. The van der Waals surface area contributed by atoms with Crippen LogP contribution in [0.1, 0.15) is 0 Å². The lowest BCUT2D eigenvalue weighted by molar-refractivity contribution is 0.331. The Bertz CT molecular complexity index is 319. The topological polar surface area (TPSA) is 107 Å². The van der Waals surface area contributed by atoms with Gasteiger partial charge in [0.2, 0.25) is 0 Å². The molecule has 66 valence electrons. The Balaban J connectivity index is 4.52. The fraction of sp³-hybridized carbons (Fsp3) is 0. The minimum atomic E-state index is -5.06. The van der Waals surface area contributed by atoms with E-state index in [1.54, 1.807) is 0 Å². The highest BCUT2D eigenvalue weighted by atomic mass is 32.3. The van der Waals surface area contributed by atoms with Crippen molar-refractivity contribution in [2.45, 2.75) is 0 Å². The molecule has 0 unspecified atom stereocenters. The van der Waals surface area contributed by atoms with Crippen molar-refractivity contribution in [3.8, 4) is 0 Å². The zero-order chi connectivity index (χ0) is 9.12. The minimum absolute atomic E-state index is 0.431. The number of hydrogen-bond acceptors (Lipinski definition) is 6. The van der Waals surface area contributed by atoms with Gasteiger partial charge in [0.15, 0.2) is 0 Å². The van der Waals surface area contributed by atoms with E-state index in [0.29, 0.717) is 6.26 Å². The van der Waals surface area contributed by atoms with E-state index in [2.05, 4.69) is 14.4 Å². The van der Waals surface area contributed by atoms with E-state index < -0.39 is 20.8 Å². The van der Waals surface area contributed by atoms with E-state index in [0.717, 1.165) is 0 Å². The Morgan fingerprint density at radius 1 is 1.27 bits per heavy atom. The standard InChI is InChI=1S/C2H4O7S2/c1-2-8-11(6,7)9-10(3,4)5/h2H,1H2,(H,3,4,5). The molecule has 0 aliphatic carbocycles. The van der Waals surface area contributed by atoms with Gasteiger partial charge in [0, 0.05) is 0 Å². The second-order valence-corrected chi connectivity index (χ2v) is 3.58. The molecule has 0 spiro atoms. The highest BCUT2D eigenvalue weighted by Crippen LogP contribution is 1.99. The molecule has 0 aromatic carbocycles. The van der Waals surface area contributed by atoms with Crippen LogP contribution in [0.15, 0.2) is 12.8 Å². The molecule has 0 bridgehead atoms. The quantitative estimate of drug-likeness (QED) is 0.472. The molecule has 0 saturated heterocycles. The summed E-state index contributed by atoms with van der Waals surface area (Å²) in [5.41, 5.74) is 0. The summed E-state index contributed by atoms with van der Waals surface area (Å²) in [6, 6.07) is 0. The van der Waals surface area contributed by atoms with Gasteiger partial charge in [-0.3, -0.25) is 4.55 Å². The van der Waals surface area contributed by atoms with Gasteiger partial charge in [-0.1, -0.05) is 10.2 Å². The van der Waals surface area contributed by atoms with E-state index in [4.69, 9.17) is 4.55 Å². The van der Waals surface area contributed by atoms with Crippen molar-refractivity contribution < 1.29 is 29.2 Å². The van der Waals surface area contributed by atoms with Crippen LogP contribution < -0.4 is 0 Å². The molecule has 0 heterocycles. The summed E-state index contributed by atoms with van der Waals surface area (Å²) < 4.78 is 54.4. The minimum Gasteiger partial charge on any atom is -0.369 e. The molecule has 0 aromatic heterocycles. The first-order chi connectivity index (χ1) is 4.77. The van der Waals surface area contributed by atoms with Gasteiger partial charge in [-0.05, 0) is 0 Å². The van der Waals surface area contributed by atoms with Gasteiger partial charge < -0.3 is 4.18 Å². The van der Waals surface area contributed by atoms with Crippen LogP contribution >= 0.6 is 0 Å². The van der Waals surface area contributed by atoms with Crippen molar-refractivity contribution in [3.63, 3.8) is 0 Å². The van der Waals surface area contributed by atoms with Crippen molar-refractivity contribution in [1.82, 2.24) is 0 Å². The van der Waals surface area contributed by atoms with E-state index in [1.165, 1.54) is 0 Å². The number of hydrogen-bond donors (Lipinski definition) is 1. The van der Waals surface area contributed by atoms with Crippen LogP contribution in [0.25, 0.3) is 0 Å². The van der Waals surface area contributed by atoms with Crippen LogP contribution in [0.5, 0.6) is 0 Å². The second kappa shape index (κ2) is 3.17. The molecule has 0 atom stereocenters. The Labute approximate surface area is 63.5 Å². The summed E-state index contributed by atoms with van der Waals surface area (Å²) in [5, 5.41) is 0. The van der Waals surface area contributed by atoms with Crippen LogP contribution in [0, 0.1) is 0 Å². The van der Waals surface area contributed by atoms with Crippen LogP contribution in [0.3, 0.4) is 0 Å². The molecule has 0 rings (SSSR count). The molecule has 11 heavy (non-hydrogen) atoms. The lowest BCUT2D eigenvalue weighted by Crippen LogP contribution is -2.12. The Kier molecular flexibility index (Phi) is 2.99. The first-order valence-corrected chi connectivity index (χ1v) is 4.69. The summed E-state index contributed by atoms with van der Waals surface area (Å²) in [6.45, 7) is 2.82. The summed E-state index contributed by atoms with van der Waals surface area (Å²) in [5.74, 6) is 0. The van der Waals surface area contributed by atoms with Crippen LogP contribution in [0.4, 0.5) is 0 Å². The second-order valence-electron chi connectivity index (χ2n) is 1.17. The fourth-order valence-electron chi connectivity index (χ4n) is 0.205. The molecular weight excluding hydrogens is 200 g/mol. The van der Waals surface area contributed by atoms with Gasteiger partial charge in [0.1, 0.15) is 6.26 Å². The molecule has 9 heteroatoms. The predicted molar refractivity (Wildman–Crippen MR) is 32.8 cm³/mol. The van der Waals surface area contributed by atoms with E-state index in [-0.39, 0.29) is 0 Å². The zero-order valence-electron chi connectivity index (χ0n) is 5.00. The average Bonchev–Trinajstić information content (AvgIpc) is 1.55. The van der Waals surface area contributed by atoms with E-state index >= 15 is 0 Å². The van der Waals surface area contributed by atoms with Crippen LogP contribution in [-0.2, 0) is 28.6 Å². The van der Waals surface area contributed by atoms with E-state index in [9.17, 15) is 16.8 Å². The van der Waals surface area contributed by atoms with Crippen molar-refractivity contribution >= 4 is 20.8 Å². The summed E-state index contributed by atoms with van der Waals surface area (Å²) in [7, 11) is -9.81. The lowest BCUT2D eigenvalue weighted by Gasteiger charge is -1.97. The third kappa shape index (κ3) is 5.79. The average molecular weight is 204 g/mol. The molecule has 0 aromatic rings. The third-order valence-electron chi connectivity index (χ3n) is 0.355. The number of rotatable bonds is 4. The molecular formula is C2H4O7S2. The Hall–Kier alpha value is -0.640. The fourth-order valence-corrected chi connectivity index (χ4v) is 1.34. The first kappa shape index (κ1) is 10.4. The molecule has 0 radical (unpaired) electrons. The van der Waals surface area contributed by atoms with Crippen molar-refractivity contribution in [2.24, 2.45) is 0 Å². The van der Waals surface area contributed by atoms with Crippen molar-refractivity contribution in [3.05, 3.63) is 12.8 Å². The molecule has 0 aliphatic heterocycles. The lowest BCUT2D eigenvalue weighted by atomic mass is 11.2. The SMILES string of the molecule is C=COS(=O)(=O)OS(=O)(=O)O. The summed E-state index contributed by atoms with van der Waals surface area (Å²) in [4.78, 5) is 0. The van der Waals surface area contributed by atoms with Gasteiger partial charge in [0.25, 0.3) is 0 Å². The molecule has 0 fully saturated rings. The van der Waals surface area contributed by atoms with E-state index in [1.807, 2.05) is 0 Å². The maximum Gasteiger partial charge on any atom is 0.465 e. The van der Waals surface area contributed by atoms with Crippen LogP contribution in [0.2, 0.25) is 0 Å². The molecule has 0 saturated carbocycles. The molecule has 0 aliphatic rings. The Morgan fingerprint density at radius 3 is 2.00 bits per heavy atom. The van der Waals surface area contributed by atoms with Gasteiger partial charge in [-0.15, -0.1) is 0 Å². The van der Waals surface area contributed by atoms with Crippen molar-refractivity contribution in [2.75, 3.05) is 0 Å². The normalized spacial score (nSPS) is 12.5. The highest BCUT2D eigenvalue weighted by Gasteiger charge is 2.20. The zero-order valence-corrected chi connectivity index (χ0v) is 6.63. The smallest absolute Gasteiger partial charge is 0.369 e. The molecule has 1 N–H and O–H groups in total. The Morgan fingerprint density at radius 2 is 1.73 bits per heavy atom. The maximum atomic E-state index is 10.2. The maximum absolute atomic E-state index is 10.2. The van der Waals surface area contributed by atoms with Gasteiger partial charge in [-0.25, -0.2) is 0 Å². The van der Waals surface area contributed by atoms with Crippen LogP contribution in [-0.4, -0.2) is 21.4 Å². The summed E-state index contributed by atoms with van der Waals surface area (Å²) in [6.07, 6.45) is 0.431. The van der Waals surface area contributed by atoms with Gasteiger partial charge in [-0.2, -0.15) is 16.8 Å². The van der Waals surface area contributed by atoms with Crippen molar-refractivity contribution in [1.29, 1.82) is 0 Å². The molecule has 0 amide bonds. The largest absolute Gasteiger partial charge is 0.465 e. The predicted octanol–water partition coefficient (Wildman–Crippen LogP) is -0.789.